The Labute approximate surface area is 180 Å². The SMILES string of the molecule is CCn1c(SCC(=O)N/N=C\c2cccc(Br)c2)nnc1-c1ccc(Cl)cc1. The van der Waals surface area contributed by atoms with Gasteiger partial charge in [0, 0.05) is 21.6 Å². The molecule has 1 amide bonds. The molecule has 9 heteroatoms. The van der Waals surface area contributed by atoms with Crippen LogP contribution in [0.1, 0.15) is 12.5 Å². The fraction of sp³-hybridized carbons (Fsp3) is 0.158. The molecule has 28 heavy (non-hydrogen) atoms. The molecule has 0 saturated carbocycles. The standard InChI is InChI=1S/C19H17BrClN5OS/c1-2-26-18(14-6-8-16(21)9-7-14)24-25-19(26)28-12-17(27)23-22-11-13-4-3-5-15(20)10-13/h3-11H,2,12H2,1H3,(H,23,27)/b22-11-. The summed E-state index contributed by atoms with van der Waals surface area (Å²) in [6, 6.07) is 15.1. The number of amides is 1. The first-order chi connectivity index (χ1) is 13.6. The molecule has 3 rings (SSSR count). The van der Waals surface area contributed by atoms with Crippen LogP contribution in [0.3, 0.4) is 0 Å². The van der Waals surface area contributed by atoms with Crippen LogP contribution in [0.4, 0.5) is 0 Å². The Morgan fingerprint density at radius 3 is 2.79 bits per heavy atom. The van der Waals surface area contributed by atoms with Gasteiger partial charge in [-0.15, -0.1) is 10.2 Å². The maximum Gasteiger partial charge on any atom is 0.250 e. The molecule has 0 spiro atoms. The summed E-state index contributed by atoms with van der Waals surface area (Å²) in [5.74, 6) is 0.721. The number of benzene rings is 2. The number of halogens is 2. The second-order valence-corrected chi connectivity index (χ2v) is 7.99. The minimum absolute atomic E-state index is 0.189. The van der Waals surface area contributed by atoms with Crippen molar-refractivity contribution in [3.8, 4) is 11.4 Å². The summed E-state index contributed by atoms with van der Waals surface area (Å²) < 4.78 is 2.92. The average molecular weight is 479 g/mol. The third kappa shape index (κ3) is 5.43. The monoisotopic (exact) mass is 477 g/mol. The Morgan fingerprint density at radius 1 is 1.29 bits per heavy atom. The maximum absolute atomic E-state index is 12.1. The van der Waals surface area contributed by atoms with Crippen LogP contribution >= 0.6 is 39.3 Å². The van der Waals surface area contributed by atoms with E-state index in [1.807, 2.05) is 60.0 Å². The number of nitrogens with one attached hydrogen (secondary N) is 1. The van der Waals surface area contributed by atoms with Crippen LogP contribution in [-0.2, 0) is 11.3 Å². The van der Waals surface area contributed by atoms with Gasteiger partial charge in [-0.2, -0.15) is 5.10 Å². The van der Waals surface area contributed by atoms with Gasteiger partial charge in [0.15, 0.2) is 11.0 Å². The van der Waals surface area contributed by atoms with Crippen molar-refractivity contribution in [3.05, 3.63) is 63.6 Å². The van der Waals surface area contributed by atoms with Gasteiger partial charge >= 0.3 is 0 Å². The molecule has 1 heterocycles. The summed E-state index contributed by atoms with van der Waals surface area (Å²) in [5.41, 5.74) is 4.34. The highest BCUT2D eigenvalue weighted by molar-refractivity contribution is 9.10. The zero-order valence-electron chi connectivity index (χ0n) is 15.0. The van der Waals surface area contributed by atoms with Crippen LogP contribution in [0.25, 0.3) is 11.4 Å². The molecule has 1 aromatic heterocycles. The summed E-state index contributed by atoms with van der Waals surface area (Å²) in [5, 5.41) is 13.8. The highest BCUT2D eigenvalue weighted by atomic mass is 79.9. The number of aromatic nitrogens is 3. The normalized spacial score (nSPS) is 11.1. The van der Waals surface area contributed by atoms with Crippen LogP contribution < -0.4 is 5.43 Å². The summed E-state index contributed by atoms with van der Waals surface area (Å²) in [4.78, 5) is 12.1. The number of thioether (sulfide) groups is 1. The minimum Gasteiger partial charge on any atom is -0.302 e. The Kier molecular flexibility index (Phi) is 7.24. The molecule has 0 aliphatic heterocycles. The fourth-order valence-corrected chi connectivity index (χ4v) is 3.76. The smallest absolute Gasteiger partial charge is 0.250 e. The van der Waals surface area contributed by atoms with Crippen molar-refractivity contribution in [3.63, 3.8) is 0 Å². The lowest BCUT2D eigenvalue weighted by atomic mass is 10.2. The van der Waals surface area contributed by atoms with Gasteiger partial charge in [0.2, 0.25) is 0 Å². The molecule has 1 N–H and O–H groups in total. The van der Waals surface area contributed by atoms with E-state index in [1.165, 1.54) is 11.8 Å². The number of hydrazone groups is 1. The van der Waals surface area contributed by atoms with Crippen molar-refractivity contribution in [2.24, 2.45) is 5.10 Å². The third-order valence-corrected chi connectivity index (χ3v) is 5.43. The van der Waals surface area contributed by atoms with Gasteiger partial charge in [0.25, 0.3) is 5.91 Å². The van der Waals surface area contributed by atoms with Crippen LogP contribution in [0.2, 0.25) is 5.02 Å². The van der Waals surface area contributed by atoms with E-state index in [0.717, 1.165) is 21.4 Å². The van der Waals surface area contributed by atoms with Gasteiger partial charge < -0.3 is 4.57 Å². The number of hydrogen-bond donors (Lipinski definition) is 1. The van der Waals surface area contributed by atoms with Gasteiger partial charge in [-0.3, -0.25) is 4.79 Å². The van der Waals surface area contributed by atoms with Crippen molar-refractivity contribution in [2.45, 2.75) is 18.6 Å². The van der Waals surface area contributed by atoms with Gasteiger partial charge in [-0.05, 0) is 48.9 Å². The molecule has 2 aromatic carbocycles. The van der Waals surface area contributed by atoms with Crippen molar-refractivity contribution in [1.82, 2.24) is 20.2 Å². The van der Waals surface area contributed by atoms with Crippen molar-refractivity contribution in [2.75, 3.05) is 5.75 Å². The Hall–Kier alpha value is -2.16. The van der Waals surface area contributed by atoms with E-state index < -0.39 is 0 Å². The van der Waals surface area contributed by atoms with Gasteiger partial charge in [0.1, 0.15) is 0 Å². The molecule has 3 aromatic rings. The first kappa shape index (κ1) is 20.6. The second kappa shape index (κ2) is 9.86. The molecule has 144 valence electrons. The number of rotatable bonds is 7. The van der Waals surface area contributed by atoms with E-state index in [0.29, 0.717) is 16.7 Å². The maximum atomic E-state index is 12.1. The number of carbonyl (C=O) groups is 1. The summed E-state index contributed by atoms with van der Waals surface area (Å²) in [6.07, 6.45) is 1.60. The topological polar surface area (TPSA) is 72.2 Å². The van der Waals surface area contributed by atoms with Crippen LogP contribution in [0.5, 0.6) is 0 Å². The molecule has 0 saturated heterocycles. The van der Waals surface area contributed by atoms with Gasteiger partial charge in [-0.25, -0.2) is 5.43 Å². The molecule has 0 atom stereocenters. The predicted molar refractivity (Wildman–Crippen MR) is 117 cm³/mol. The van der Waals surface area contributed by atoms with E-state index in [2.05, 4.69) is 36.7 Å². The molecule has 0 bridgehead atoms. The van der Waals surface area contributed by atoms with Gasteiger partial charge in [-0.1, -0.05) is 51.4 Å². The average Bonchev–Trinajstić information content (AvgIpc) is 3.10. The summed E-state index contributed by atoms with van der Waals surface area (Å²) >= 11 is 10.7. The lowest BCUT2D eigenvalue weighted by molar-refractivity contribution is -0.118. The van der Waals surface area contributed by atoms with E-state index >= 15 is 0 Å². The molecular formula is C19H17BrClN5OS. The Bertz CT molecular complexity index is 990. The lowest BCUT2D eigenvalue weighted by Crippen LogP contribution is -2.20. The number of nitrogens with zero attached hydrogens (tertiary/aromatic N) is 4. The highest BCUT2D eigenvalue weighted by Crippen LogP contribution is 2.25. The van der Waals surface area contributed by atoms with Crippen molar-refractivity contribution >= 4 is 51.4 Å². The van der Waals surface area contributed by atoms with E-state index in [4.69, 9.17) is 11.6 Å². The predicted octanol–water partition coefficient (Wildman–Crippen LogP) is 4.62. The van der Waals surface area contributed by atoms with E-state index in [-0.39, 0.29) is 11.7 Å². The molecule has 0 fully saturated rings. The van der Waals surface area contributed by atoms with Crippen molar-refractivity contribution in [1.29, 1.82) is 0 Å². The molecular weight excluding hydrogens is 462 g/mol. The first-order valence-corrected chi connectivity index (χ1v) is 10.6. The summed E-state index contributed by atoms with van der Waals surface area (Å²) in [6.45, 7) is 2.70. The Morgan fingerprint density at radius 2 is 2.07 bits per heavy atom. The van der Waals surface area contributed by atoms with E-state index in [1.54, 1.807) is 6.21 Å². The fourth-order valence-electron chi connectivity index (χ4n) is 2.42. The quantitative estimate of drug-likeness (QED) is 0.305. The zero-order chi connectivity index (χ0) is 19.9. The molecule has 0 aliphatic rings. The first-order valence-electron chi connectivity index (χ1n) is 8.46. The largest absolute Gasteiger partial charge is 0.302 e. The van der Waals surface area contributed by atoms with Crippen molar-refractivity contribution < 1.29 is 4.79 Å². The zero-order valence-corrected chi connectivity index (χ0v) is 18.1. The molecule has 0 aliphatic carbocycles. The number of hydrogen-bond acceptors (Lipinski definition) is 5. The van der Waals surface area contributed by atoms with Gasteiger partial charge in [0.05, 0.1) is 12.0 Å². The Balaban J connectivity index is 1.59. The minimum atomic E-state index is -0.213. The van der Waals surface area contributed by atoms with Crippen LogP contribution in [-0.4, -0.2) is 32.6 Å². The lowest BCUT2D eigenvalue weighted by Gasteiger charge is -2.07. The van der Waals surface area contributed by atoms with Crippen LogP contribution in [0, 0.1) is 0 Å². The highest BCUT2D eigenvalue weighted by Gasteiger charge is 2.14. The van der Waals surface area contributed by atoms with E-state index in [9.17, 15) is 4.79 Å². The summed E-state index contributed by atoms with van der Waals surface area (Å²) in [7, 11) is 0. The third-order valence-electron chi connectivity index (χ3n) is 3.72. The second-order valence-electron chi connectivity index (χ2n) is 5.69. The molecule has 0 radical (unpaired) electrons. The molecule has 0 unspecified atom stereocenters. The van der Waals surface area contributed by atoms with Crippen LogP contribution in [0.15, 0.2) is 63.3 Å². The molecule has 6 nitrogen and oxygen atoms in total. The number of carbonyl (C=O) groups excluding carboxylic acids is 1.